The van der Waals surface area contributed by atoms with E-state index in [0.29, 0.717) is 0 Å². The molecule has 0 aromatic heterocycles. The number of benzene rings is 3. The lowest BCUT2D eigenvalue weighted by Gasteiger charge is -2.67. The summed E-state index contributed by atoms with van der Waals surface area (Å²) in [7, 11) is 0. The number of aliphatic hydroxyl groups is 2. The number of fused-ring (bicyclic) bond motifs is 5. The second-order valence-electron chi connectivity index (χ2n) is 19.3. The summed E-state index contributed by atoms with van der Waals surface area (Å²) in [6, 6.07) is 21.7. The molecule has 11 atom stereocenters. The topological polar surface area (TPSA) is 246 Å². The van der Waals surface area contributed by atoms with Gasteiger partial charge in [0.05, 0.1) is 23.5 Å². The molecular formula is C51H51Cl6NO17. The average molecular weight is 1160 g/mol. The number of carbonyl (C=O) groups excluding carboxylic acids is 7. The monoisotopic (exact) mass is 1160 g/mol. The van der Waals surface area contributed by atoms with Gasteiger partial charge in [-0.3, -0.25) is 14.4 Å². The number of Topliss-reactive ketones (excluding diaryl/α,β-unsaturated/α-hetero) is 1. The number of alkyl halides is 6. The molecule has 3 aromatic rings. The van der Waals surface area contributed by atoms with E-state index < -0.39 is 146 Å². The fourth-order valence-electron chi connectivity index (χ4n) is 10.8. The predicted octanol–water partition coefficient (Wildman–Crippen LogP) is 8.23. The number of aliphatic hydroxyl groups excluding tert-OH is 1. The Morgan fingerprint density at radius 2 is 1.33 bits per heavy atom. The van der Waals surface area contributed by atoms with Crippen LogP contribution in [0.4, 0.5) is 9.59 Å². The molecule has 2 bridgehead atoms. The first-order chi connectivity index (χ1) is 35.0. The summed E-state index contributed by atoms with van der Waals surface area (Å²) in [5.74, 6) is -6.91. The van der Waals surface area contributed by atoms with Gasteiger partial charge < -0.3 is 53.4 Å². The Morgan fingerprint density at radius 3 is 1.87 bits per heavy atom. The largest absolute Gasteiger partial charge is 0.509 e. The third kappa shape index (κ3) is 11.8. The van der Waals surface area contributed by atoms with Crippen LogP contribution in [0.25, 0.3) is 0 Å². The van der Waals surface area contributed by atoms with Gasteiger partial charge in [0.15, 0.2) is 11.4 Å². The lowest BCUT2D eigenvalue weighted by atomic mass is 9.44. The van der Waals surface area contributed by atoms with Gasteiger partial charge in [0, 0.05) is 30.7 Å². The zero-order valence-corrected chi connectivity index (χ0v) is 45.1. The number of ketones is 1. The molecule has 3 fully saturated rings. The number of halogens is 6. The van der Waals surface area contributed by atoms with Crippen LogP contribution in [0.3, 0.4) is 0 Å². The highest BCUT2D eigenvalue weighted by molar-refractivity contribution is 6.68. The van der Waals surface area contributed by atoms with E-state index in [-0.39, 0.29) is 34.3 Å². The number of amides is 1. The van der Waals surface area contributed by atoms with Crippen molar-refractivity contribution in [2.75, 3.05) is 19.8 Å². The highest BCUT2D eigenvalue weighted by Gasteiger charge is 2.79. The summed E-state index contributed by atoms with van der Waals surface area (Å²) in [6.45, 7) is 4.60. The van der Waals surface area contributed by atoms with Crippen LogP contribution in [0.15, 0.2) is 102 Å². The maximum absolute atomic E-state index is 15.7. The summed E-state index contributed by atoms with van der Waals surface area (Å²) >= 11 is 35.1. The molecule has 4 aliphatic rings. The molecule has 18 nitrogen and oxygen atoms in total. The number of esters is 3. The minimum Gasteiger partial charge on any atom is -0.455 e. The average Bonchev–Trinajstić information content (AvgIpc) is 3.34. The highest BCUT2D eigenvalue weighted by atomic mass is 35.6. The van der Waals surface area contributed by atoms with Gasteiger partial charge >= 0.3 is 30.2 Å². The molecule has 1 saturated heterocycles. The summed E-state index contributed by atoms with van der Waals surface area (Å²) in [5.41, 5.74) is -8.62. The SMILES string of the molecule is CC(=O)O[C@@]12CO[C@@H]1C[C@H](OC(=O)OCC(Cl)(Cl)Cl)[C@@]1(C)C(=O)[C@H](O)C3=C(C)[C@@H](OC(=O)[C@H](OC(=O)OCC(Cl)(Cl)Cl)[C@@H](NC(=O)c4ccccc4)c4ccccc4)C[C@@](O)(C(OC(=O)c4ccccc4)C12)C3(C)C. The molecule has 0 radical (unpaired) electrons. The minimum atomic E-state index is -2.60. The van der Waals surface area contributed by atoms with Gasteiger partial charge in [0.2, 0.25) is 13.7 Å². The Bertz CT molecular complexity index is 2700. The van der Waals surface area contributed by atoms with Gasteiger partial charge in [-0.1, -0.05) is 150 Å². The van der Waals surface area contributed by atoms with Crippen LogP contribution in [0.2, 0.25) is 0 Å². The van der Waals surface area contributed by atoms with Gasteiger partial charge in [0.25, 0.3) is 5.91 Å². The van der Waals surface area contributed by atoms with Crippen LogP contribution in [-0.4, -0.2) is 127 Å². The number of ether oxygens (including phenoxy) is 8. The van der Waals surface area contributed by atoms with E-state index in [1.165, 1.54) is 76.2 Å². The lowest BCUT2D eigenvalue weighted by molar-refractivity contribution is -0.346. The van der Waals surface area contributed by atoms with Gasteiger partial charge in [-0.25, -0.2) is 19.2 Å². The molecule has 2 saturated carbocycles. The number of hydrogen-bond acceptors (Lipinski definition) is 17. The van der Waals surface area contributed by atoms with E-state index >= 15 is 9.59 Å². The molecule has 1 aliphatic heterocycles. The fraction of sp³-hybridized carbons (Fsp3) is 0.471. The molecular weight excluding hydrogens is 1110 g/mol. The van der Waals surface area contributed by atoms with Crippen molar-refractivity contribution < 1.29 is 81.7 Å². The fourth-order valence-corrected chi connectivity index (χ4v) is 11.1. The molecule has 0 spiro atoms. The van der Waals surface area contributed by atoms with E-state index in [1.807, 2.05) is 0 Å². The number of nitrogens with one attached hydrogen (secondary N) is 1. The molecule has 3 aromatic carbocycles. The Hall–Kier alpha value is -4.89. The molecule has 2 unspecified atom stereocenters. The van der Waals surface area contributed by atoms with Crippen molar-refractivity contribution in [2.45, 2.75) is 109 Å². The second kappa shape index (κ2) is 22.2. The summed E-state index contributed by atoms with van der Waals surface area (Å²) < 4.78 is 42.2. The molecule has 75 heavy (non-hydrogen) atoms. The van der Waals surface area contributed by atoms with Crippen molar-refractivity contribution >= 4 is 112 Å². The standard InChI is InChI=1S/C51H51Cl6NO17/c1-26-31(71-43(64)37(73-45(66)70-25-51(55,56)57)35(28-15-9-6-10-16-28)58-41(62)29-17-11-7-12-18-29)22-49(67)40(74-42(63)30-19-13-8-14-20-30)38-47(5,39(61)36(60)34(26)46(49,3)4)32(72-44(65)69-24-50(52,53)54)21-33-48(38,23-68-33)75-27(2)59/h6-20,31-33,35-38,40,60,67H,21-25H2,1-5H3,(H,58,62)/t31-,32-,33+,35-,36+,37+,38?,40?,47+,48-,49+/m0/s1. The molecule has 404 valence electrons. The maximum atomic E-state index is 15.7. The van der Waals surface area contributed by atoms with E-state index in [9.17, 15) is 34.2 Å². The summed E-state index contributed by atoms with van der Waals surface area (Å²) in [6.07, 6.45) is -15.1. The van der Waals surface area contributed by atoms with Crippen molar-refractivity contribution in [1.29, 1.82) is 0 Å². The van der Waals surface area contributed by atoms with E-state index in [2.05, 4.69) is 5.32 Å². The third-order valence-electron chi connectivity index (χ3n) is 14.3. The van der Waals surface area contributed by atoms with Gasteiger partial charge in [-0.05, 0) is 54.8 Å². The van der Waals surface area contributed by atoms with Crippen LogP contribution in [-0.2, 0) is 52.3 Å². The molecule has 1 amide bonds. The van der Waals surface area contributed by atoms with Crippen LogP contribution < -0.4 is 5.32 Å². The first-order valence-corrected chi connectivity index (χ1v) is 25.5. The van der Waals surface area contributed by atoms with Gasteiger partial charge in [-0.15, -0.1) is 0 Å². The first-order valence-electron chi connectivity index (χ1n) is 23.2. The van der Waals surface area contributed by atoms with E-state index in [4.69, 9.17) is 108 Å². The number of rotatable bonds is 13. The highest BCUT2D eigenvalue weighted by Crippen LogP contribution is 2.64. The first kappa shape index (κ1) is 57.8. The second-order valence-corrected chi connectivity index (χ2v) is 24.3. The quantitative estimate of drug-likeness (QED) is 0.0631. The zero-order chi connectivity index (χ0) is 55.1. The van der Waals surface area contributed by atoms with Crippen LogP contribution in [0.5, 0.6) is 0 Å². The third-order valence-corrected chi connectivity index (χ3v) is 15.0. The van der Waals surface area contributed by atoms with Crippen molar-refractivity contribution in [3.05, 3.63) is 119 Å². The summed E-state index contributed by atoms with van der Waals surface area (Å²) in [4.78, 5) is 99.5. The van der Waals surface area contributed by atoms with Crippen LogP contribution in [0, 0.1) is 16.7 Å². The Labute approximate surface area is 460 Å². The molecule has 3 aliphatic carbocycles. The van der Waals surface area contributed by atoms with Crippen molar-refractivity contribution in [3.8, 4) is 0 Å². The van der Waals surface area contributed by atoms with Gasteiger partial charge in [0.1, 0.15) is 55.4 Å². The summed E-state index contributed by atoms with van der Waals surface area (Å²) in [5, 5.41) is 29.4. The Kier molecular flexibility index (Phi) is 17.1. The van der Waals surface area contributed by atoms with Crippen LogP contribution in [0.1, 0.15) is 79.8 Å². The Balaban J connectivity index is 1.40. The van der Waals surface area contributed by atoms with Crippen molar-refractivity contribution in [3.63, 3.8) is 0 Å². The normalized spacial score (nSPS) is 28.7. The van der Waals surface area contributed by atoms with E-state index in [0.717, 1.165) is 6.92 Å². The maximum Gasteiger partial charge on any atom is 0.509 e. The minimum absolute atomic E-state index is 0.00825. The molecule has 3 N–H and O–H groups in total. The molecule has 1 heterocycles. The van der Waals surface area contributed by atoms with Crippen molar-refractivity contribution in [1.82, 2.24) is 5.32 Å². The Morgan fingerprint density at radius 1 is 0.787 bits per heavy atom. The predicted molar refractivity (Wildman–Crippen MR) is 269 cm³/mol. The van der Waals surface area contributed by atoms with Crippen LogP contribution >= 0.6 is 69.6 Å². The number of hydrogen-bond donors (Lipinski definition) is 3. The number of carbonyl (C=O) groups is 7. The van der Waals surface area contributed by atoms with E-state index in [1.54, 1.807) is 42.5 Å². The smallest absolute Gasteiger partial charge is 0.455 e. The zero-order valence-electron chi connectivity index (χ0n) is 40.6. The molecule has 24 heteroatoms. The lowest BCUT2D eigenvalue weighted by Crippen LogP contribution is -2.82. The van der Waals surface area contributed by atoms with Crippen molar-refractivity contribution in [2.24, 2.45) is 16.7 Å². The van der Waals surface area contributed by atoms with Gasteiger partial charge in [-0.2, -0.15) is 0 Å². The molecule has 7 rings (SSSR count).